The van der Waals surface area contributed by atoms with Gasteiger partial charge in [-0.3, -0.25) is 15.0 Å². The topological polar surface area (TPSA) is 108 Å². The average molecular weight is 321 g/mol. The molecule has 3 N–H and O–H groups in total. The van der Waals surface area contributed by atoms with Crippen LogP contribution in [0.4, 0.5) is 4.79 Å². The van der Waals surface area contributed by atoms with Crippen LogP contribution in [0.15, 0.2) is 24.3 Å². The SMILES string of the molecule is CCOC(=O)NNC(=O)C1CCCN1C(=O)c1ccccc1O. The van der Waals surface area contributed by atoms with E-state index in [1.165, 1.54) is 17.0 Å². The third-order valence-corrected chi connectivity index (χ3v) is 3.51. The number of nitrogens with zero attached hydrogens (tertiary/aromatic N) is 1. The molecule has 2 rings (SSSR count). The fourth-order valence-corrected chi connectivity index (χ4v) is 2.45. The predicted molar refractivity (Wildman–Crippen MR) is 80.5 cm³/mol. The van der Waals surface area contributed by atoms with Crippen LogP contribution in [-0.2, 0) is 9.53 Å². The molecule has 0 saturated carbocycles. The van der Waals surface area contributed by atoms with Gasteiger partial charge in [0.2, 0.25) is 0 Å². The lowest BCUT2D eigenvalue weighted by Gasteiger charge is -2.24. The summed E-state index contributed by atoms with van der Waals surface area (Å²) in [6, 6.07) is 5.47. The molecule has 1 saturated heterocycles. The maximum atomic E-state index is 12.5. The molecule has 1 aliphatic heterocycles. The third-order valence-electron chi connectivity index (χ3n) is 3.51. The Morgan fingerprint density at radius 2 is 2.04 bits per heavy atom. The van der Waals surface area contributed by atoms with Crippen molar-refractivity contribution in [1.29, 1.82) is 0 Å². The van der Waals surface area contributed by atoms with Crippen LogP contribution in [0, 0.1) is 0 Å². The van der Waals surface area contributed by atoms with E-state index in [9.17, 15) is 19.5 Å². The van der Waals surface area contributed by atoms with Gasteiger partial charge in [-0.25, -0.2) is 10.2 Å². The van der Waals surface area contributed by atoms with E-state index >= 15 is 0 Å². The monoisotopic (exact) mass is 321 g/mol. The summed E-state index contributed by atoms with van der Waals surface area (Å²) < 4.78 is 4.64. The van der Waals surface area contributed by atoms with Crippen molar-refractivity contribution in [2.75, 3.05) is 13.2 Å². The number of likely N-dealkylation sites (tertiary alicyclic amines) is 1. The quantitative estimate of drug-likeness (QED) is 0.713. The van der Waals surface area contributed by atoms with Crippen molar-refractivity contribution in [1.82, 2.24) is 15.8 Å². The minimum Gasteiger partial charge on any atom is -0.507 e. The highest BCUT2D eigenvalue weighted by molar-refractivity contribution is 6.00. The van der Waals surface area contributed by atoms with Crippen molar-refractivity contribution in [2.45, 2.75) is 25.8 Å². The number of carbonyl (C=O) groups excluding carboxylic acids is 3. The molecule has 124 valence electrons. The Morgan fingerprint density at radius 3 is 2.74 bits per heavy atom. The predicted octanol–water partition coefficient (Wildman–Crippen LogP) is 0.774. The number of aromatic hydroxyl groups is 1. The van der Waals surface area contributed by atoms with E-state index in [1.807, 2.05) is 0 Å². The Bertz CT molecular complexity index is 605. The van der Waals surface area contributed by atoms with Crippen molar-refractivity contribution < 1.29 is 24.2 Å². The second-order valence-corrected chi connectivity index (χ2v) is 5.01. The fraction of sp³-hybridized carbons (Fsp3) is 0.400. The molecule has 8 heteroatoms. The molecule has 23 heavy (non-hydrogen) atoms. The molecule has 1 aromatic rings. The van der Waals surface area contributed by atoms with Crippen LogP contribution < -0.4 is 10.9 Å². The number of hydrazine groups is 1. The summed E-state index contributed by atoms with van der Waals surface area (Å²) in [4.78, 5) is 37.2. The van der Waals surface area contributed by atoms with Crippen LogP contribution in [0.2, 0.25) is 0 Å². The zero-order valence-electron chi connectivity index (χ0n) is 12.7. The maximum Gasteiger partial charge on any atom is 0.426 e. The number of carbonyl (C=O) groups is 3. The van der Waals surface area contributed by atoms with Crippen LogP contribution in [0.1, 0.15) is 30.1 Å². The highest BCUT2D eigenvalue weighted by Gasteiger charge is 2.35. The van der Waals surface area contributed by atoms with Gasteiger partial charge in [-0.1, -0.05) is 12.1 Å². The highest BCUT2D eigenvalue weighted by Crippen LogP contribution is 2.24. The molecule has 3 amide bonds. The number of para-hydroxylation sites is 1. The Morgan fingerprint density at radius 1 is 1.30 bits per heavy atom. The molecule has 0 radical (unpaired) electrons. The number of phenolic OH excluding ortho intramolecular Hbond substituents is 1. The van der Waals surface area contributed by atoms with E-state index in [0.717, 1.165) is 0 Å². The lowest BCUT2D eigenvalue weighted by molar-refractivity contribution is -0.125. The van der Waals surface area contributed by atoms with Crippen molar-refractivity contribution in [3.63, 3.8) is 0 Å². The molecule has 1 aromatic carbocycles. The molecule has 1 unspecified atom stereocenters. The summed E-state index contributed by atoms with van der Waals surface area (Å²) in [6.07, 6.45) is 0.379. The molecule has 0 aliphatic carbocycles. The summed E-state index contributed by atoms with van der Waals surface area (Å²) in [6.45, 7) is 2.23. The van der Waals surface area contributed by atoms with Gasteiger partial charge in [-0.2, -0.15) is 0 Å². The van der Waals surface area contributed by atoms with Crippen LogP contribution >= 0.6 is 0 Å². The Labute approximate surface area is 133 Å². The van der Waals surface area contributed by atoms with Gasteiger partial charge in [0.15, 0.2) is 0 Å². The zero-order valence-corrected chi connectivity index (χ0v) is 12.7. The molecule has 1 heterocycles. The van der Waals surface area contributed by atoms with E-state index in [4.69, 9.17) is 0 Å². The maximum absolute atomic E-state index is 12.5. The van der Waals surface area contributed by atoms with Crippen LogP contribution in [0.3, 0.4) is 0 Å². The molecular weight excluding hydrogens is 302 g/mol. The minimum atomic E-state index is -0.766. The standard InChI is InChI=1S/C15H19N3O5/c1-2-23-15(22)17-16-13(20)11-7-5-9-18(11)14(21)10-6-3-4-8-12(10)19/h3-4,6,8,11,19H,2,5,7,9H2,1H3,(H,16,20)(H,17,22). The third kappa shape index (κ3) is 3.91. The number of rotatable bonds is 3. The minimum absolute atomic E-state index is 0.131. The molecule has 8 nitrogen and oxygen atoms in total. The van der Waals surface area contributed by atoms with E-state index < -0.39 is 23.9 Å². The first-order chi connectivity index (χ1) is 11.0. The second-order valence-electron chi connectivity index (χ2n) is 5.01. The van der Waals surface area contributed by atoms with Crippen LogP contribution in [-0.4, -0.2) is 47.1 Å². The fourth-order valence-electron chi connectivity index (χ4n) is 2.45. The van der Waals surface area contributed by atoms with Gasteiger partial charge in [0.25, 0.3) is 11.8 Å². The lowest BCUT2D eigenvalue weighted by atomic mass is 10.1. The van der Waals surface area contributed by atoms with E-state index in [0.29, 0.717) is 19.4 Å². The number of amides is 3. The highest BCUT2D eigenvalue weighted by atomic mass is 16.6. The Kier molecular flexibility index (Phi) is 5.40. The normalized spacial score (nSPS) is 16.7. The number of hydrogen-bond acceptors (Lipinski definition) is 5. The van der Waals surface area contributed by atoms with Crippen LogP contribution in [0.5, 0.6) is 5.75 Å². The summed E-state index contributed by atoms with van der Waals surface area (Å²) in [5, 5.41) is 9.78. The number of hydrogen-bond donors (Lipinski definition) is 3. The van der Waals surface area contributed by atoms with E-state index in [1.54, 1.807) is 19.1 Å². The van der Waals surface area contributed by atoms with Gasteiger partial charge in [0, 0.05) is 6.54 Å². The van der Waals surface area contributed by atoms with Crippen LogP contribution in [0.25, 0.3) is 0 Å². The van der Waals surface area contributed by atoms with Gasteiger partial charge >= 0.3 is 6.09 Å². The molecule has 1 fully saturated rings. The second kappa shape index (κ2) is 7.48. The molecule has 1 aliphatic rings. The van der Waals surface area contributed by atoms with Crippen molar-refractivity contribution in [2.24, 2.45) is 0 Å². The van der Waals surface area contributed by atoms with E-state index in [-0.39, 0.29) is 17.9 Å². The van der Waals surface area contributed by atoms with Gasteiger partial charge in [0.1, 0.15) is 11.8 Å². The summed E-state index contributed by atoms with van der Waals surface area (Å²) in [5.74, 6) is -1.05. The molecule has 1 atom stereocenters. The number of ether oxygens (including phenoxy) is 1. The smallest absolute Gasteiger partial charge is 0.426 e. The first-order valence-electron chi connectivity index (χ1n) is 7.36. The summed E-state index contributed by atoms with van der Waals surface area (Å²) in [5.41, 5.74) is 4.51. The summed E-state index contributed by atoms with van der Waals surface area (Å²) >= 11 is 0. The van der Waals surface area contributed by atoms with Gasteiger partial charge in [0.05, 0.1) is 12.2 Å². The summed E-state index contributed by atoms with van der Waals surface area (Å²) in [7, 11) is 0. The number of benzene rings is 1. The first kappa shape index (κ1) is 16.6. The lowest BCUT2D eigenvalue weighted by Crippen LogP contribution is -2.51. The van der Waals surface area contributed by atoms with Gasteiger partial charge < -0.3 is 14.7 Å². The number of nitrogens with one attached hydrogen (secondary N) is 2. The molecule has 0 bridgehead atoms. The molecular formula is C15H19N3O5. The Balaban J connectivity index is 2.02. The molecule has 0 spiro atoms. The molecule has 0 aromatic heterocycles. The number of phenols is 1. The van der Waals surface area contributed by atoms with Gasteiger partial charge in [-0.15, -0.1) is 0 Å². The van der Waals surface area contributed by atoms with E-state index in [2.05, 4.69) is 15.6 Å². The van der Waals surface area contributed by atoms with Crippen molar-refractivity contribution in [3.8, 4) is 5.75 Å². The Hall–Kier alpha value is -2.77. The zero-order chi connectivity index (χ0) is 16.8. The average Bonchev–Trinajstić information content (AvgIpc) is 3.02. The largest absolute Gasteiger partial charge is 0.507 e. The van der Waals surface area contributed by atoms with Crippen molar-refractivity contribution >= 4 is 17.9 Å². The van der Waals surface area contributed by atoms with Gasteiger partial charge in [-0.05, 0) is 31.9 Å². The van der Waals surface area contributed by atoms with Crippen molar-refractivity contribution in [3.05, 3.63) is 29.8 Å². The first-order valence-corrected chi connectivity index (χ1v) is 7.36.